The first kappa shape index (κ1) is 12.9. The summed E-state index contributed by atoms with van der Waals surface area (Å²) in [5.41, 5.74) is -2.16. The molecule has 1 fully saturated rings. The Kier molecular flexibility index (Phi) is 2.87. The molecular weight excluding hydrogens is 271 g/mol. The highest BCUT2D eigenvalue weighted by Crippen LogP contribution is 2.54. The average Bonchev–Trinajstić information content (AvgIpc) is 3.01. The van der Waals surface area contributed by atoms with Crippen molar-refractivity contribution in [2.75, 3.05) is 0 Å². The molecule has 0 spiro atoms. The average molecular weight is 278 g/mol. The molecule has 1 aliphatic carbocycles. The van der Waals surface area contributed by atoms with E-state index in [-0.39, 0.29) is 5.56 Å². The van der Waals surface area contributed by atoms with Crippen molar-refractivity contribution in [1.29, 1.82) is 0 Å². The van der Waals surface area contributed by atoms with Crippen molar-refractivity contribution in [3.8, 4) is 5.75 Å². The fraction of sp³-hybridized carbons (Fsp3) is 0.364. The quantitative estimate of drug-likeness (QED) is 0.665. The van der Waals surface area contributed by atoms with Crippen LogP contribution in [0, 0.1) is 0 Å². The monoisotopic (exact) mass is 277 g/mol. The number of carbonyl (C=O) groups excluding carboxylic acids is 1. The second-order valence-electron chi connectivity index (χ2n) is 4.09. The number of hydrogen-bond acceptors (Lipinski definition) is 3. The Morgan fingerprint density at radius 1 is 1.39 bits per heavy atom. The standard InChI is InChI=1S/C11H7ClF3NO2/c12-8-4-6(11(13,14)15)3-7(9(8)18)10(1-2-10)16-5-17/h3-4,18H,1-2H2. The predicted molar refractivity (Wildman–Crippen MR) is 57.2 cm³/mol. The highest BCUT2D eigenvalue weighted by atomic mass is 35.5. The second-order valence-corrected chi connectivity index (χ2v) is 4.49. The first-order chi connectivity index (χ1) is 8.30. The molecule has 0 aliphatic heterocycles. The van der Waals surface area contributed by atoms with Gasteiger partial charge in [-0.1, -0.05) is 11.6 Å². The Morgan fingerprint density at radius 2 is 2.00 bits per heavy atom. The maximum Gasteiger partial charge on any atom is 0.416 e. The van der Waals surface area contributed by atoms with Crippen LogP contribution in [0.25, 0.3) is 0 Å². The lowest BCUT2D eigenvalue weighted by Gasteiger charge is -2.15. The minimum atomic E-state index is -4.58. The van der Waals surface area contributed by atoms with E-state index in [1.54, 1.807) is 0 Å². The SMILES string of the molecule is O=C=NC1(c2cc(C(F)(F)F)cc(Cl)c2O)CC1. The second kappa shape index (κ2) is 4.00. The van der Waals surface area contributed by atoms with E-state index in [1.165, 1.54) is 6.08 Å². The normalized spacial score (nSPS) is 17.1. The topological polar surface area (TPSA) is 49.7 Å². The summed E-state index contributed by atoms with van der Waals surface area (Å²) >= 11 is 5.57. The summed E-state index contributed by atoms with van der Waals surface area (Å²) in [6.07, 6.45) is -2.50. The number of phenolic OH excluding ortho intramolecular Hbond substituents is 1. The van der Waals surface area contributed by atoms with Crippen LogP contribution in [0.5, 0.6) is 5.75 Å². The first-order valence-corrected chi connectivity index (χ1v) is 5.37. The van der Waals surface area contributed by atoms with Gasteiger partial charge in [-0.3, -0.25) is 0 Å². The number of aliphatic imine (C=N–C) groups is 1. The van der Waals surface area contributed by atoms with Gasteiger partial charge in [0.1, 0.15) is 11.3 Å². The lowest BCUT2D eigenvalue weighted by Crippen LogP contribution is -2.09. The third kappa shape index (κ3) is 2.09. The molecule has 96 valence electrons. The number of phenols is 1. The lowest BCUT2D eigenvalue weighted by atomic mass is 10.0. The molecule has 1 aromatic carbocycles. The van der Waals surface area contributed by atoms with Crippen LogP contribution in [-0.4, -0.2) is 11.2 Å². The van der Waals surface area contributed by atoms with E-state index >= 15 is 0 Å². The van der Waals surface area contributed by atoms with Crippen molar-refractivity contribution in [2.45, 2.75) is 24.6 Å². The minimum Gasteiger partial charge on any atom is -0.506 e. The first-order valence-electron chi connectivity index (χ1n) is 4.99. The van der Waals surface area contributed by atoms with Gasteiger partial charge in [0, 0.05) is 5.56 Å². The highest BCUT2D eigenvalue weighted by molar-refractivity contribution is 6.32. The number of rotatable bonds is 2. The van der Waals surface area contributed by atoms with Crippen LogP contribution in [0.3, 0.4) is 0 Å². The Balaban J connectivity index is 2.61. The van der Waals surface area contributed by atoms with E-state index in [0.29, 0.717) is 18.9 Å². The summed E-state index contributed by atoms with van der Waals surface area (Å²) in [4.78, 5) is 13.8. The molecule has 7 heteroatoms. The van der Waals surface area contributed by atoms with Crippen molar-refractivity contribution >= 4 is 17.7 Å². The van der Waals surface area contributed by atoms with Crippen LogP contribution in [-0.2, 0) is 16.5 Å². The fourth-order valence-electron chi connectivity index (χ4n) is 1.76. The van der Waals surface area contributed by atoms with Gasteiger partial charge in [0.25, 0.3) is 0 Å². The van der Waals surface area contributed by atoms with Gasteiger partial charge in [-0.25, -0.2) is 4.79 Å². The van der Waals surface area contributed by atoms with Crippen LogP contribution in [0.2, 0.25) is 5.02 Å². The van der Waals surface area contributed by atoms with Crippen molar-refractivity contribution in [1.82, 2.24) is 0 Å². The largest absolute Gasteiger partial charge is 0.506 e. The summed E-state index contributed by atoms with van der Waals surface area (Å²) in [7, 11) is 0. The van der Waals surface area contributed by atoms with Gasteiger partial charge in [0.15, 0.2) is 0 Å². The number of aromatic hydroxyl groups is 1. The van der Waals surface area contributed by atoms with Crippen LogP contribution in [0.1, 0.15) is 24.0 Å². The molecule has 1 saturated carbocycles. The van der Waals surface area contributed by atoms with Gasteiger partial charge >= 0.3 is 6.18 Å². The van der Waals surface area contributed by atoms with E-state index in [1.807, 2.05) is 0 Å². The molecule has 18 heavy (non-hydrogen) atoms. The molecule has 0 unspecified atom stereocenters. The summed E-state index contributed by atoms with van der Waals surface area (Å²) in [6.45, 7) is 0. The van der Waals surface area contributed by atoms with E-state index in [0.717, 1.165) is 6.07 Å². The zero-order chi connectivity index (χ0) is 13.6. The molecule has 0 amide bonds. The third-order valence-corrected chi connectivity index (χ3v) is 3.16. The number of halogens is 4. The zero-order valence-electron chi connectivity index (χ0n) is 8.88. The molecule has 0 bridgehead atoms. The number of benzene rings is 1. The van der Waals surface area contributed by atoms with Crippen molar-refractivity contribution < 1.29 is 23.1 Å². The Morgan fingerprint density at radius 3 is 2.44 bits per heavy atom. The molecule has 0 saturated heterocycles. The van der Waals surface area contributed by atoms with Crippen LogP contribution in [0.15, 0.2) is 17.1 Å². The van der Waals surface area contributed by atoms with Crippen LogP contribution in [0.4, 0.5) is 13.2 Å². The summed E-state index contributed by atoms with van der Waals surface area (Å²) < 4.78 is 37.9. The van der Waals surface area contributed by atoms with Gasteiger partial charge in [-0.15, -0.1) is 0 Å². The molecular formula is C11H7ClF3NO2. The summed E-state index contributed by atoms with van der Waals surface area (Å²) in [6, 6.07) is 1.41. The molecule has 0 aromatic heterocycles. The third-order valence-electron chi connectivity index (χ3n) is 2.88. The lowest BCUT2D eigenvalue weighted by molar-refractivity contribution is -0.137. The molecule has 3 nitrogen and oxygen atoms in total. The van der Waals surface area contributed by atoms with Crippen LogP contribution < -0.4 is 0 Å². The van der Waals surface area contributed by atoms with Gasteiger partial charge in [0.05, 0.1) is 10.6 Å². The summed E-state index contributed by atoms with van der Waals surface area (Å²) in [5, 5.41) is 9.29. The predicted octanol–water partition coefficient (Wildman–Crippen LogP) is 3.39. The Labute approximate surface area is 105 Å². The number of isocyanates is 1. The van der Waals surface area contributed by atoms with Gasteiger partial charge in [-0.2, -0.15) is 18.2 Å². The molecule has 2 rings (SSSR count). The molecule has 0 atom stereocenters. The maximum atomic E-state index is 12.6. The maximum absolute atomic E-state index is 12.6. The number of nitrogens with zero attached hydrogens (tertiary/aromatic N) is 1. The van der Waals surface area contributed by atoms with Crippen molar-refractivity contribution in [3.05, 3.63) is 28.3 Å². The Bertz CT molecular complexity index is 546. The number of hydrogen-bond donors (Lipinski definition) is 1. The van der Waals surface area contributed by atoms with E-state index in [4.69, 9.17) is 11.6 Å². The van der Waals surface area contributed by atoms with Gasteiger partial charge in [0.2, 0.25) is 6.08 Å². The van der Waals surface area contributed by atoms with Gasteiger partial charge in [-0.05, 0) is 25.0 Å². The minimum absolute atomic E-state index is 0.0781. The molecule has 1 aliphatic rings. The smallest absolute Gasteiger partial charge is 0.416 e. The van der Waals surface area contributed by atoms with Gasteiger partial charge < -0.3 is 5.11 Å². The Hall–Kier alpha value is -1.52. The van der Waals surface area contributed by atoms with Crippen LogP contribution >= 0.6 is 11.6 Å². The molecule has 0 heterocycles. The fourth-order valence-corrected chi connectivity index (χ4v) is 1.98. The van der Waals surface area contributed by atoms with Crippen molar-refractivity contribution in [2.24, 2.45) is 4.99 Å². The summed E-state index contributed by atoms with van der Waals surface area (Å²) in [5.74, 6) is -0.471. The van der Waals surface area contributed by atoms with E-state index in [2.05, 4.69) is 4.99 Å². The molecule has 1 N–H and O–H groups in total. The zero-order valence-corrected chi connectivity index (χ0v) is 9.64. The van der Waals surface area contributed by atoms with E-state index in [9.17, 15) is 23.1 Å². The molecule has 0 radical (unpaired) electrons. The van der Waals surface area contributed by atoms with Crippen molar-refractivity contribution in [3.63, 3.8) is 0 Å². The van der Waals surface area contributed by atoms with E-state index < -0.39 is 28.1 Å². The highest BCUT2D eigenvalue weighted by Gasteiger charge is 2.48. The number of alkyl halides is 3. The molecule has 1 aromatic rings.